The molecule has 1 aromatic heterocycles. The van der Waals surface area contributed by atoms with Crippen LogP contribution in [0.15, 0.2) is 35.7 Å². The fraction of sp³-hybridized carbons (Fsp3) is 0.400. The first-order valence-corrected chi connectivity index (χ1v) is 8.61. The summed E-state index contributed by atoms with van der Waals surface area (Å²) in [5.41, 5.74) is 1.55. The van der Waals surface area contributed by atoms with Crippen molar-refractivity contribution < 1.29 is 9.00 Å². The van der Waals surface area contributed by atoms with Crippen LogP contribution < -0.4 is 5.32 Å². The molecule has 0 radical (unpaired) electrons. The van der Waals surface area contributed by atoms with E-state index in [2.05, 4.69) is 29.4 Å². The van der Waals surface area contributed by atoms with Crippen molar-refractivity contribution in [3.8, 4) is 0 Å². The Labute approximate surface area is 132 Å². The second kappa shape index (κ2) is 7.31. The van der Waals surface area contributed by atoms with E-state index in [0.717, 1.165) is 5.56 Å². The van der Waals surface area contributed by atoms with Gasteiger partial charge in [-0.25, -0.2) is 0 Å². The Kier molecular flexibility index (Phi) is 5.43. The molecule has 7 heteroatoms. The first-order chi connectivity index (χ1) is 10.5. The molecule has 1 aromatic carbocycles. The van der Waals surface area contributed by atoms with Crippen LogP contribution in [0.2, 0.25) is 0 Å². The van der Waals surface area contributed by atoms with E-state index >= 15 is 0 Å². The number of nitrogens with one attached hydrogen (secondary N) is 1. The van der Waals surface area contributed by atoms with E-state index in [4.69, 9.17) is 0 Å². The average Bonchev–Trinajstić information content (AvgIpc) is 2.93. The van der Waals surface area contributed by atoms with Crippen molar-refractivity contribution in [3.05, 3.63) is 41.7 Å². The zero-order chi connectivity index (χ0) is 16.1. The van der Waals surface area contributed by atoms with Gasteiger partial charge in [0, 0.05) is 18.4 Å². The van der Waals surface area contributed by atoms with E-state index in [9.17, 15) is 9.00 Å². The predicted molar refractivity (Wildman–Crippen MR) is 85.1 cm³/mol. The minimum Gasteiger partial charge on any atom is -0.352 e. The number of carbonyl (C=O) groups is 1. The Morgan fingerprint density at radius 2 is 2.18 bits per heavy atom. The van der Waals surface area contributed by atoms with Gasteiger partial charge in [-0.3, -0.25) is 9.00 Å². The minimum atomic E-state index is -1.20. The van der Waals surface area contributed by atoms with Crippen LogP contribution >= 0.6 is 0 Å². The molecule has 2 rings (SSSR count). The highest BCUT2D eigenvalue weighted by molar-refractivity contribution is 7.84. The van der Waals surface area contributed by atoms with Crippen molar-refractivity contribution >= 4 is 16.7 Å². The van der Waals surface area contributed by atoms with Gasteiger partial charge in [0.2, 0.25) is 5.16 Å². The molecule has 0 aliphatic heterocycles. The van der Waals surface area contributed by atoms with Crippen molar-refractivity contribution in [2.75, 3.05) is 12.8 Å². The Morgan fingerprint density at radius 1 is 1.41 bits per heavy atom. The third kappa shape index (κ3) is 4.24. The SMILES string of the molecule is CC(C)CNC(=O)c1cccc(Cn2cnnc2[S@@](C)=O)c1. The molecule has 0 saturated heterocycles. The zero-order valence-corrected chi connectivity index (χ0v) is 13.8. The van der Waals surface area contributed by atoms with Crippen molar-refractivity contribution in [1.29, 1.82) is 0 Å². The first-order valence-electron chi connectivity index (χ1n) is 7.05. The molecule has 6 nitrogen and oxygen atoms in total. The molecular weight excluding hydrogens is 300 g/mol. The van der Waals surface area contributed by atoms with E-state index in [1.165, 1.54) is 0 Å². The maximum atomic E-state index is 12.1. The Bertz CT molecular complexity index is 682. The van der Waals surface area contributed by atoms with Crippen molar-refractivity contribution in [2.45, 2.75) is 25.5 Å². The molecule has 0 saturated carbocycles. The van der Waals surface area contributed by atoms with Gasteiger partial charge in [0.25, 0.3) is 5.91 Å². The summed E-state index contributed by atoms with van der Waals surface area (Å²) < 4.78 is 13.3. The van der Waals surface area contributed by atoms with Crippen molar-refractivity contribution in [1.82, 2.24) is 20.1 Å². The molecular formula is C15H20N4O2S. The number of aromatic nitrogens is 3. The van der Waals surface area contributed by atoms with Gasteiger partial charge in [0.1, 0.15) is 6.33 Å². The number of amides is 1. The first kappa shape index (κ1) is 16.4. The highest BCUT2D eigenvalue weighted by Crippen LogP contribution is 2.10. The smallest absolute Gasteiger partial charge is 0.251 e. The highest BCUT2D eigenvalue weighted by Gasteiger charge is 2.10. The summed E-state index contributed by atoms with van der Waals surface area (Å²) in [7, 11) is -1.20. The molecule has 1 atom stereocenters. The van der Waals surface area contributed by atoms with Crippen molar-refractivity contribution in [2.24, 2.45) is 5.92 Å². The van der Waals surface area contributed by atoms with Crippen LogP contribution in [0.4, 0.5) is 0 Å². The normalized spacial score (nSPS) is 12.4. The quantitative estimate of drug-likeness (QED) is 0.874. The molecule has 0 unspecified atom stereocenters. The number of hydrogen-bond donors (Lipinski definition) is 1. The largest absolute Gasteiger partial charge is 0.352 e. The Morgan fingerprint density at radius 3 is 2.86 bits per heavy atom. The maximum Gasteiger partial charge on any atom is 0.251 e. The molecule has 2 aromatic rings. The number of nitrogens with zero attached hydrogens (tertiary/aromatic N) is 3. The molecule has 1 heterocycles. The lowest BCUT2D eigenvalue weighted by atomic mass is 10.1. The van der Waals surface area contributed by atoms with Gasteiger partial charge in [-0.05, 0) is 23.6 Å². The third-order valence-corrected chi connectivity index (χ3v) is 3.88. The van der Waals surface area contributed by atoms with Crippen LogP contribution in [-0.2, 0) is 17.3 Å². The fourth-order valence-corrected chi connectivity index (χ4v) is 2.59. The van der Waals surface area contributed by atoms with Crippen molar-refractivity contribution in [3.63, 3.8) is 0 Å². The van der Waals surface area contributed by atoms with E-state index < -0.39 is 10.8 Å². The fourth-order valence-electron chi connectivity index (χ4n) is 1.98. The van der Waals surface area contributed by atoms with E-state index in [1.807, 2.05) is 18.2 Å². The van der Waals surface area contributed by atoms with Gasteiger partial charge in [0.05, 0.1) is 17.3 Å². The van der Waals surface area contributed by atoms with Crippen LogP contribution in [0.5, 0.6) is 0 Å². The van der Waals surface area contributed by atoms with E-state index in [1.54, 1.807) is 23.2 Å². The minimum absolute atomic E-state index is 0.0846. The number of benzene rings is 1. The second-order valence-electron chi connectivity index (χ2n) is 5.50. The van der Waals surface area contributed by atoms with Gasteiger partial charge in [-0.2, -0.15) is 0 Å². The summed E-state index contributed by atoms with van der Waals surface area (Å²) in [6.45, 7) is 5.23. The van der Waals surface area contributed by atoms with Gasteiger partial charge < -0.3 is 9.88 Å². The predicted octanol–water partition coefficient (Wildman–Crippen LogP) is 1.45. The van der Waals surface area contributed by atoms with Gasteiger partial charge in [-0.15, -0.1) is 10.2 Å². The van der Waals surface area contributed by atoms with Gasteiger partial charge in [-0.1, -0.05) is 26.0 Å². The van der Waals surface area contributed by atoms with E-state index in [0.29, 0.717) is 29.7 Å². The van der Waals surface area contributed by atoms with Crippen LogP contribution in [-0.4, -0.2) is 37.7 Å². The van der Waals surface area contributed by atoms with Gasteiger partial charge in [0.15, 0.2) is 0 Å². The summed E-state index contributed by atoms with van der Waals surface area (Å²) in [6, 6.07) is 7.37. The molecule has 1 N–H and O–H groups in total. The molecule has 0 spiro atoms. The molecule has 1 amide bonds. The molecule has 118 valence electrons. The lowest BCUT2D eigenvalue weighted by molar-refractivity contribution is 0.0949. The summed E-state index contributed by atoms with van der Waals surface area (Å²) in [6.07, 6.45) is 3.11. The molecule has 0 aliphatic rings. The summed E-state index contributed by atoms with van der Waals surface area (Å²) >= 11 is 0. The van der Waals surface area contributed by atoms with Gasteiger partial charge >= 0.3 is 0 Å². The molecule has 0 fully saturated rings. The zero-order valence-electron chi connectivity index (χ0n) is 12.9. The topological polar surface area (TPSA) is 76.9 Å². The monoisotopic (exact) mass is 320 g/mol. The molecule has 0 aliphatic carbocycles. The second-order valence-corrected chi connectivity index (χ2v) is 6.77. The van der Waals surface area contributed by atoms with E-state index in [-0.39, 0.29) is 5.91 Å². The summed E-state index contributed by atoms with van der Waals surface area (Å²) in [4.78, 5) is 12.1. The summed E-state index contributed by atoms with van der Waals surface area (Å²) in [5, 5.41) is 11.0. The lowest BCUT2D eigenvalue weighted by Crippen LogP contribution is -2.27. The number of hydrogen-bond acceptors (Lipinski definition) is 4. The average molecular weight is 320 g/mol. The third-order valence-electron chi connectivity index (χ3n) is 3.05. The highest BCUT2D eigenvalue weighted by atomic mass is 32.2. The maximum absolute atomic E-state index is 12.1. The van der Waals surface area contributed by atoms with Crippen LogP contribution in [0.25, 0.3) is 0 Å². The van der Waals surface area contributed by atoms with Crippen LogP contribution in [0, 0.1) is 5.92 Å². The Balaban J connectivity index is 2.13. The van der Waals surface area contributed by atoms with Crippen LogP contribution in [0.3, 0.4) is 0 Å². The number of rotatable bonds is 6. The lowest BCUT2D eigenvalue weighted by Gasteiger charge is -2.09. The molecule has 0 bridgehead atoms. The number of carbonyl (C=O) groups excluding carboxylic acids is 1. The standard InChI is InChI=1S/C15H20N4O2S/c1-11(2)8-16-14(20)13-6-4-5-12(7-13)9-19-10-17-18-15(19)22(3)21/h4-7,10-11H,8-9H2,1-3H3,(H,16,20)/t22-/m1/s1. The molecule has 22 heavy (non-hydrogen) atoms. The summed E-state index contributed by atoms with van der Waals surface area (Å²) in [5.74, 6) is 0.324. The Hall–Kier alpha value is -2.02. The van der Waals surface area contributed by atoms with Crippen LogP contribution in [0.1, 0.15) is 29.8 Å².